The number of hydrogen-bond donors (Lipinski definition) is 3. The summed E-state index contributed by atoms with van der Waals surface area (Å²) in [5, 5.41) is 15.1. The number of nitrogens with one attached hydrogen (secondary N) is 2. The van der Waals surface area contributed by atoms with E-state index in [1.54, 1.807) is 29.1 Å². The number of halogens is 1. The second kappa shape index (κ2) is 7.65. The van der Waals surface area contributed by atoms with Gasteiger partial charge in [-0.05, 0) is 50.3 Å². The van der Waals surface area contributed by atoms with Crippen LogP contribution in [0.1, 0.15) is 37.1 Å². The molecule has 1 heterocycles. The monoisotopic (exact) mass is 346 g/mol. The van der Waals surface area contributed by atoms with E-state index >= 15 is 0 Å². The first-order valence-corrected chi connectivity index (χ1v) is 8.54. The lowest BCUT2D eigenvalue weighted by Gasteiger charge is -2.26. The molecule has 0 atom stereocenters. The fourth-order valence-electron chi connectivity index (χ4n) is 3.13. The molecule has 1 aliphatic carbocycles. The summed E-state index contributed by atoms with van der Waals surface area (Å²) in [6.45, 7) is 2.06. The molecule has 1 fully saturated rings. The van der Waals surface area contributed by atoms with Crippen LogP contribution in [0.25, 0.3) is 5.69 Å². The Bertz CT molecular complexity index is 738. The number of carbonyl (C=O) groups excluding carboxylic acids is 1. The molecule has 0 saturated heterocycles. The standard InChI is InChI=1S/C18H23FN4O2/c1-12-20-8-9-23(12)17-7-2-13(10-16(17)19)11-21-18(25)22-14-3-5-15(24)6-4-14/h2,7-10,14-15,24H,3-6,11H2,1H3,(H2,21,22,25). The Morgan fingerprint density at radius 2 is 2.12 bits per heavy atom. The van der Waals surface area contributed by atoms with Crippen LogP contribution < -0.4 is 10.6 Å². The van der Waals surface area contributed by atoms with Gasteiger partial charge < -0.3 is 20.3 Å². The molecule has 1 aliphatic rings. The van der Waals surface area contributed by atoms with Crippen LogP contribution >= 0.6 is 0 Å². The third-order valence-corrected chi connectivity index (χ3v) is 4.58. The molecule has 0 bridgehead atoms. The third-order valence-electron chi connectivity index (χ3n) is 4.58. The van der Waals surface area contributed by atoms with E-state index in [0.29, 0.717) is 29.9 Å². The van der Waals surface area contributed by atoms with Crippen molar-refractivity contribution < 1.29 is 14.3 Å². The molecule has 3 rings (SSSR count). The predicted molar refractivity (Wildman–Crippen MR) is 91.9 cm³/mol. The van der Waals surface area contributed by atoms with Gasteiger partial charge in [0.15, 0.2) is 0 Å². The molecular formula is C18H23FN4O2. The Kier molecular flexibility index (Phi) is 5.33. The van der Waals surface area contributed by atoms with Crippen molar-refractivity contribution in [3.63, 3.8) is 0 Å². The average Bonchev–Trinajstić information content (AvgIpc) is 3.01. The van der Waals surface area contributed by atoms with Gasteiger partial charge in [-0.25, -0.2) is 14.2 Å². The molecule has 1 aromatic heterocycles. The quantitative estimate of drug-likeness (QED) is 0.795. The fraction of sp³-hybridized carbons (Fsp3) is 0.444. The summed E-state index contributed by atoms with van der Waals surface area (Å²) in [6, 6.07) is 4.71. The van der Waals surface area contributed by atoms with Gasteiger partial charge >= 0.3 is 6.03 Å². The van der Waals surface area contributed by atoms with Crippen LogP contribution in [0, 0.1) is 12.7 Å². The van der Waals surface area contributed by atoms with Crippen LogP contribution in [0.3, 0.4) is 0 Å². The lowest BCUT2D eigenvalue weighted by atomic mass is 9.93. The average molecular weight is 346 g/mol. The Hall–Kier alpha value is -2.41. The predicted octanol–water partition coefficient (Wildman–Crippen LogP) is 2.42. The molecule has 6 nitrogen and oxygen atoms in total. The van der Waals surface area contributed by atoms with E-state index in [1.165, 1.54) is 6.07 Å². The van der Waals surface area contributed by atoms with Gasteiger partial charge in [-0.15, -0.1) is 0 Å². The number of rotatable bonds is 4. The topological polar surface area (TPSA) is 79.2 Å². The van der Waals surface area contributed by atoms with E-state index in [2.05, 4.69) is 15.6 Å². The zero-order valence-corrected chi connectivity index (χ0v) is 14.2. The summed E-state index contributed by atoms with van der Waals surface area (Å²) in [4.78, 5) is 16.1. The summed E-state index contributed by atoms with van der Waals surface area (Å²) < 4.78 is 16.0. The van der Waals surface area contributed by atoms with E-state index < -0.39 is 0 Å². The van der Waals surface area contributed by atoms with Gasteiger partial charge in [-0.1, -0.05) is 6.07 Å². The number of benzene rings is 1. The Morgan fingerprint density at radius 1 is 1.36 bits per heavy atom. The van der Waals surface area contributed by atoms with Crippen molar-refractivity contribution in [2.75, 3.05) is 0 Å². The summed E-state index contributed by atoms with van der Waals surface area (Å²) in [6.07, 6.45) is 6.07. The maximum absolute atomic E-state index is 14.3. The molecule has 134 valence electrons. The van der Waals surface area contributed by atoms with Crippen LogP contribution in [0.4, 0.5) is 9.18 Å². The van der Waals surface area contributed by atoms with Crippen LogP contribution in [-0.2, 0) is 6.54 Å². The highest BCUT2D eigenvalue weighted by Crippen LogP contribution is 2.18. The SMILES string of the molecule is Cc1nccn1-c1ccc(CNC(=O)NC2CCC(O)CC2)cc1F. The van der Waals surface area contributed by atoms with Gasteiger partial charge in [0, 0.05) is 25.0 Å². The van der Waals surface area contributed by atoms with Gasteiger partial charge in [0.25, 0.3) is 0 Å². The zero-order chi connectivity index (χ0) is 17.8. The van der Waals surface area contributed by atoms with Gasteiger partial charge in [0.1, 0.15) is 11.6 Å². The molecule has 3 N–H and O–H groups in total. The smallest absolute Gasteiger partial charge is 0.315 e. The molecule has 0 radical (unpaired) electrons. The van der Waals surface area contributed by atoms with E-state index in [0.717, 1.165) is 12.8 Å². The Balaban J connectivity index is 1.54. The molecule has 0 spiro atoms. The Labute approximate surface area is 146 Å². The molecule has 7 heteroatoms. The number of carbonyl (C=O) groups is 1. The summed E-state index contributed by atoms with van der Waals surface area (Å²) in [7, 11) is 0. The number of nitrogens with zero attached hydrogens (tertiary/aromatic N) is 2. The van der Waals surface area contributed by atoms with Crippen molar-refractivity contribution in [2.24, 2.45) is 0 Å². The number of urea groups is 1. The maximum atomic E-state index is 14.3. The molecule has 2 amide bonds. The molecule has 0 aliphatic heterocycles. The zero-order valence-electron chi connectivity index (χ0n) is 14.2. The second-order valence-corrected chi connectivity index (χ2v) is 6.46. The largest absolute Gasteiger partial charge is 0.393 e. The second-order valence-electron chi connectivity index (χ2n) is 6.46. The lowest BCUT2D eigenvalue weighted by Crippen LogP contribution is -2.43. The first kappa shape index (κ1) is 17.4. The van der Waals surface area contributed by atoms with Gasteiger partial charge in [-0.2, -0.15) is 0 Å². The van der Waals surface area contributed by atoms with Crippen molar-refractivity contribution >= 4 is 6.03 Å². The molecule has 1 saturated carbocycles. The van der Waals surface area contributed by atoms with Crippen molar-refractivity contribution in [3.8, 4) is 5.69 Å². The lowest BCUT2D eigenvalue weighted by molar-refractivity contribution is 0.117. The van der Waals surface area contributed by atoms with Crippen molar-refractivity contribution in [1.82, 2.24) is 20.2 Å². The number of aliphatic hydroxyl groups excluding tert-OH is 1. The summed E-state index contributed by atoms with van der Waals surface area (Å²) in [5.74, 6) is 0.351. The highest BCUT2D eigenvalue weighted by Gasteiger charge is 2.20. The van der Waals surface area contributed by atoms with Crippen LogP contribution in [0.2, 0.25) is 0 Å². The Morgan fingerprint density at radius 3 is 2.76 bits per heavy atom. The fourth-order valence-corrected chi connectivity index (χ4v) is 3.13. The van der Waals surface area contributed by atoms with Crippen molar-refractivity contribution in [1.29, 1.82) is 0 Å². The number of aryl methyl sites for hydroxylation is 1. The number of aromatic nitrogens is 2. The number of aliphatic hydroxyl groups is 1. The van der Waals surface area contributed by atoms with E-state index in [1.807, 2.05) is 6.92 Å². The highest BCUT2D eigenvalue weighted by molar-refractivity contribution is 5.74. The van der Waals surface area contributed by atoms with E-state index in [4.69, 9.17) is 0 Å². The molecular weight excluding hydrogens is 323 g/mol. The van der Waals surface area contributed by atoms with Crippen LogP contribution in [-0.4, -0.2) is 32.8 Å². The van der Waals surface area contributed by atoms with Gasteiger partial charge in [0.05, 0.1) is 11.8 Å². The van der Waals surface area contributed by atoms with E-state index in [9.17, 15) is 14.3 Å². The summed E-state index contributed by atoms with van der Waals surface area (Å²) >= 11 is 0. The maximum Gasteiger partial charge on any atom is 0.315 e. The van der Waals surface area contributed by atoms with Gasteiger partial charge in [0.2, 0.25) is 0 Å². The van der Waals surface area contributed by atoms with E-state index in [-0.39, 0.29) is 30.5 Å². The highest BCUT2D eigenvalue weighted by atomic mass is 19.1. The van der Waals surface area contributed by atoms with Crippen molar-refractivity contribution in [2.45, 2.75) is 51.3 Å². The molecule has 25 heavy (non-hydrogen) atoms. The first-order valence-electron chi connectivity index (χ1n) is 8.54. The number of amides is 2. The van der Waals surface area contributed by atoms with Crippen molar-refractivity contribution in [3.05, 3.63) is 47.8 Å². The minimum Gasteiger partial charge on any atom is -0.393 e. The molecule has 0 unspecified atom stereocenters. The minimum absolute atomic E-state index is 0.0896. The van der Waals surface area contributed by atoms with Gasteiger partial charge in [-0.3, -0.25) is 0 Å². The summed E-state index contributed by atoms with van der Waals surface area (Å²) in [5.41, 5.74) is 1.12. The minimum atomic E-state index is -0.359. The number of imidazole rings is 1. The third kappa shape index (κ3) is 4.36. The molecule has 2 aromatic rings. The van der Waals surface area contributed by atoms with Crippen LogP contribution in [0.15, 0.2) is 30.6 Å². The number of hydrogen-bond acceptors (Lipinski definition) is 3. The first-order chi connectivity index (χ1) is 12.0. The normalized spacial score (nSPS) is 20.3. The van der Waals surface area contributed by atoms with Crippen LogP contribution in [0.5, 0.6) is 0 Å². The molecule has 1 aromatic carbocycles.